The van der Waals surface area contributed by atoms with E-state index in [0.717, 1.165) is 5.56 Å². The normalized spacial score (nSPS) is 10.4. The highest BCUT2D eigenvalue weighted by atomic mass is 35.5. The Hall–Kier alpha value is -2.00. The molecule has 0 saturated heterocycles. The molecule has 3 nitrogen and oxygen atoms in total. The minimum atomic E-state index is -0.0741. The van der Waals surface area contributed by atoms with Gasteiger partial charge in [-0.2, -0.15) is 0 Å². The van der Waals surface area contributed by atoms with Crippen LogP contribution >= 0.6 is 11.6 Å². The number of nitrogens with zero attached hydrogens (tertiary/aromatic N) is 1. The van der Waals surface area contributed by atoms with E-state index in [0.29, 0.717) is 29.4 Å². The maximum atomic E-state index is 12.6. The first-order valence-electron chi connectivity index (χ1n) is 6.91. The molecule has 0 spiro atoms. The SMILES string of the molecule is CCN(Cc1ccccc1C)C(=O)c1ccc(Cl)cc1N. The molecule has 0 aliphatic rings. The van der Waals surface area contributed by atoms with E-state index in [1.165, 1.54) is 5.56 Å². The average Bonchev–Trinajstić information content (AvgIpc) is 2.46. The van der Waals surface area contributed by atoms with Crippen molar-refractivity contribution in [2.24, 2.45) is 0 Å². The Labute approximate surface area is 130 Å². The van der Waals surface area contributed by atoms with Crippen molar-refractivity contribution in [3.8, 4) is 0 Å². The molecule has 2 aromatic carbocycles. The molecule has 0 aromatic heterocycles. The first-order chi connectivity index (χ1) is 10.0. The number of nitrogen functional groups attached to an aromatic ring is 1. The topological polar surface area (TPSA) is 46.3 Å². The van der Waals surface area contributed by atoms with E-state index >= 15 is 0 Å². The van der Waals surface area contributed by atoms with Gasteiger partial charge in [0.1, 0.15) is 0 Å². The Balaban J connectivity index is 2.25. The number of nitrogens with two attached hydrogens (primary N) is 1. The van der Waals surface area contributed by atoms with Gasteiger partial charge in [-0.25, -0.2) is 0 Å². The number of aryl methyl sites for hydroxylation is 1. The smallest absolute Gasteiger partial charge is 0.256 e. The molecule has 110 valence electrons. The predicted octanol–water partition coefficient (Wildman–Crippen LogP) is 3.89. The van der Waals surface area contributed by atoms with E-state index in [1.54, 1.807) is 23.1 Å². The molecular weight excluding hydrogens is 284 g/mol. The summed E-state index contributed by atoms with van der Waals surface area (Å²) < 4.78 is 0. The molecule has 0 unspecified atom stereocenters. The Morgan fingerprint density at radius 1 is 1.24 bits per heavy atom. The van der Waals surface area contributed by atoms with Crippen LogP contribution in [0, 0.1) is 6.92 Å². The standard InChI is InChI=1S/C17H19ClN2O/c1-3-20(11-13-7-5-4-6-12(13)2)17(21)15-9-8-14(18)10-16(15)19/h4-10H,3,11,19H2,1-2H3. The van der Waals surface area contributed by atoms with Gasteiger partial charge in [0.15, 0.2) is 0 Å². The van der Waals surface area contributed by atoms with Crippen molar-refractivity contribution < 1.29 is 4.79 Å². The van der Waals surface area contributed by atoms with E-state index in [1.807, 2.05) is 38.1 Å². The van der Waals surface area contributed by atoms with Crippen LogP contribution in [0.2, 0.25) is 5.02 Å². The van der Waals surface area contributed by atoms with E-state index in [9.17, 15) is 4.79 Å². The number of halogens is 1. The molecule has 21 heavy (non-hydrogen) atoms. The lowest BCUT2D eigenvalue weighted by molar-refractivity contribution is 0.0753. The van der Waals surface area contributed by atoms with Gasteiger partial charge in [-0.1, -0.05) is 35.9 Å². The summed E-state index contributed by atoms with van der Waals surface area (Å²) in [4.78, 5) is 14.4. The molecule has 0 atom stereocenters. The zero-order valence-corrected chi connectivity index (χ0v) is 13.0. The van der Waals surface area contributed by atoms with Gasteiger partial charge in [0.25, 0.3) is 5.91 Å². The fraction of sp³-hybridized carbons (Fsp3) is 0.235. The number of rotatable bonds is 4. The largest absolute Gasteiger partial charge is 0.398 e. The quantitative estimate of drug-likeness (QED) is 0.871. The Morgan fingerprint density at radius 3 is 2.57 bits per heavy atom. The van der Waals surface area contributed by atoms with Crippen LogP contribution < -0.4 is 5.73 Å². The summed E-state index contributed by atoms with van der Waals surface area (Å²) in [6.45, 7) is 5.20. The molecule has 4 heteroatoms. The van der Waals surface area contributed by atoms with Crippen molar-refractivity contribution in [3.63, 3.8) is 0 Å². The zero-order chi connectivity index (χ0) is 15.4. The highest BCUT2D eigenvalue weighted by Gasteiger charge is 2.17. The summed E-state index contributed by atoms with van der Waals surface area (Å²) in [6, 6.07) is 13.0. The third-order valence-corrected chi connectivity index (χ3v) is 3.77. The maximum absolute atomic E-state index is 12.6. The number of hydrogen-bond donors (Lipinski definition) is 1. The van der Waals surface area contributed by atoms with Gasteiger partial charge in [0.2, 0.25) is 0 Å². The Bertz CT molecular complexity index is 655. The predicted molar refractivity (Wildman–Crippen MR) is 87.5 cm³/mol. The molecule has 1 amide bonds. The van der Waals surface area contributed by atoms with Crippen LogP contribution in [0.1, 0.15) is 28.4 Å². The molecule has 2 aromatic rings. The molecule has 0 aliphatic carbocycles. The van der Waals surface area contributed by atoms with Crippen molar-refractivity contribution in [1.82, 2.24) is 4.90 Å². The molecule has 0 aliphatic heterocycles. The van der Waals surface area contributed by atoms with Crippen LogP contribution in [0.3, 0.4) is 0 Å². The number of hydrogen-bond acceptors (Lipinski definition) is 2. The summed E-state index contributed by atoms with van der Waals surface area (Å²) >= 11 is 5.88. The van der Waals surface area contributed by atoms with Gasteiger partial charge < -0.3 is 10.6 Å². The lowest BCUT2D eigenvalue weighted by Gasteiger charge is -2.22. The first kappa shape index (κ1) is 15.4. The average molecular weight is 303 g/mol. The Morgan fingerprint density at radius 2 is 1.95 bits per heavy atom. The number of carbonyl (C=O) groups excluding carboxylic acids is 1. The van der Waals surface area contributed by atoms with E-state index < -0.39 is 0 Å². The van der Waals surface area contributed by atoms with E-state index in [-0.39, 0.29) is 5.91 Å². The fourth-order valence-corrected chi connectivity index (χ4v) is 2.40. The highest BCUT2D eigenvalue weighted by Crippen LogP contribution is 2.21. The minimum absolute atomic E-state index is 0.0741. The van der Waals surface area contributed by atoms with Gasteiger partial charge >= 0.3 is 0 Å². The van der Waals surface area contributed by atoms with E-state index in [4.69, 9.17) is 17.3 Å². The number of carbonyl (C=O) groups is 1. The zero-order valence-electron chi connectivity index (χ0n) is 12.3. The Kier molecular flexibility index (Phi) is 4.86. The second kappa shape index (κ2) is 6.64. The minimum Gasteiger partial charge on any atom is -0.398 e. The molecule has 0 fully saturated rings. The van der Waals surface area contributed by atoms with Gasteiger partial charge in [-0.05, 0) is 43.2 Å². The third kappa shape index (κ3) is 3.56. The van der Waals surface area contributed by atoms with Crippen LogP contribution in [0.4, 0.5) is 5.69 Å². The van der Waals surface area contributed by atoms with Gasteiger partial charge in [-0.3, -0.25) is 4.79 Å². The van der Waals surface area contributed by atoms with Crippen molar-refractivity contribution in [1.29, 1.82) is 0 Å². The highest BCUT2D eigenvalue weighted by molar-refractivity contribution is 6.31. The lowest BCUT2D eigenvalue weighted by Crippen LogP contribution is -2.31. The van der Waals surface area contributed by atoms with Crippen molar-refractivity contribution in [3.05, 3.63) is 64.2 Å². The van der Waals surface area contributed by atoms with E-state index in [2.05, 4.69) is 0 Å². The summed E-state index contributed by atoms with van der Waals surface area (Å²) in [5.74, 6) is -0.0741. The summed E-state index contributed by atoms with van der Waals surface area (Å²) in [5, 5.41) is 0.533. The number of amides is 1. The van der Waals surface area contributed by atoms with Crippen LogP contribution in [-0.4, -0.2) is 17.4 Å². The lowest BCUT2D eigenvalue weighted by atomic mass is 10.1. The number of benzene rings is 2. The van der Waals surface area contributed by atoms with Crippen molar-refractivity contribution >= 4 is 23.2 Å². The van der Waals surface area contributed by atoms with Crippen LogP contribution in [0.15, 0.2) is 42.5 Å². The van der Waals surface area contributed by atoms with Gasteiger partial charge in [0.05, 0.1) is 5.56 Å². The van der Waals surface area contributed by atoms with Crippen LogP contribution in [0.5, 0.6) is 0 Å². The molecule has 2 rings (SSSR count). The summed E-state index contributed by atoms with van der Waals surface area (Å²) in [6.07, 6.45) is 0. The van der Waals surface area contributed by atoms with Crippen LogP contribution in [-0.2, 0) is 6.54 Å². The molecular formula is C17H19ClN2O. The summed E-state index contributed by atoms with van der Waals surface area (Å²) in [5.41, 5.74) is 9.13. The van der Waals surface area contributed by atoms with Gasteiger partial charge in [-0.15, -0.1) is 0 Å². The summed E-state index contributed by atoms with van der Waals surface area (Å²) in [7, 11) is 0. The molecule has 2 N–H and O–H groups in total. The third-order valence-electron chi connectivity index (χ3n) is 3.54. The van der Waals surface area contributed by atoms with Gasteiger partial charge in [0, 0.05) is 23.8 Å². The molecule has 0 radical (unpaired) electrons. The number of anilines is 1. The second-order valence-corrected chi connectivity index (χ2v) is 5.41. The second-order valence-electron chi connectivity index (χ2n) is 4.98. The molecule has 0 saturated carbocycles. The fourth-order valence-electron chi connectivity index (χ4n) is 2.22. The van der Waals surface area contributed by atoms with Crippen LogP contribution in [0.25, 0.3) is 0 Å². The maximum Gasteiger partial charge on any atom is 0.256 e. The monoisotopic (exact) mass is 302 g/mol. The molecule has 0 heterocycles. The van der Waals surface area contributed by atoms with Crippen molar-refractivity contribution in [2.45, 2.75) is 20.4 Å². The molecule has 0 bridgehead atoms. The first-order valence-corrected chi connectivity index (χ1v) is 7.29. The van der Waals surface area contributed by atoms with Crippen molar-refractivity contribution in [2.75, 3.05) is 12.3 Å².